The lowest BCUT2D eigenvalue weighted by Crippen LogP contribution is -2.22. The normalized spacial score (nSPS) is 11.4. The van der Waals surface area contributed by atoms with Crippen LogP contribution in [0.15, 0.2) is 22.2 Å². The van der Waals surface area contributed by atoms with Gasteiger partial charge in [-0.25, -0.2) is 13.4 Å². The first-order valence-corrected chi connectivity index (χ1v) is 7.16. The second kappa shape index (κ2) is 4.44. The van der Waals surface area contributed by atoms with Gasteiger partial charge in [0, 0.05) is 30.4 Å². The van der Waals surface area contributed by atoms with Gasteiger partial charge in [0.1, 0.15) is 5.65 Å². The Morgan fingerprint density at radius 1 is 1.47 bits per heavy atom. The number of sulfone groups is 1. The molecule has 0 radical (unpaired) electrons. The predicted molar refractivity (Wildman–Crippen MR) is 67.2 cm³/mol. The molecule has 0 N–H and O–H groups in total. The lowest BCUT2D eigenvalue weighted by atomic mass is 10.2. The van der Waals surface area contributed by atoms with Gasteiger partial charge in [0.05, 0.1) is 12.5 Å². The number of rotatable bonds is 2. The molecule has 2 aromatic rings. The van der Waals surface area contributed by atoms with Crippen molar-refractivity contribution in [1.82, 2.24) is 14.5 Å². The summed E-state index contributed by atoms with van der Waals surface area (Å²) in [5, 5.41) is 8.83. The van der Waals surface area contributed by atoms with Crippen LogP contribution in [-0.2, 0) is 23.3 Å². The molecule has 2 rings (SSSR count). The van der Waals surface area contributed by atoms with Crippen molar-refractivity contribution < 1.29 is 8.42 Å². The van der Waals surface area contributed by atoms with Gasteiger partial charge in [-0.1, -0.05) is 0 Å². The molecule has 2 heterocycles. The van der Waals surface area contributed by atoms with Gasteiger partial charge in [-0.05, 0) is 6.07 Å². The van der Waals surface area contributed by atoms with E-state index in [4.69, 9.17) is 5.26 Å². The highest BCUT2D eigenvalue weighted by atomic mass is 32.2. The van der Waals surface area contributed by atoms with Gasteiger partial charge in [-0.3, -0.25) is 9.36 Å². The number of fused-ring (bicyclic) bond motifs is 1. The lowest BCUT2D eigenvalue weighted by molar-refractivity contribution is 0.593. The van der Waals surface area contributed by atoms with Crippen LogP contribution in [0.2, 0.25) is 0 Å². The van der Waals surface area contributed by atoms with Gasteiger partial charge >= 0.3 is 0 Å². The van der Waals surface area contributed by atoms with E-state index in [2.05, 4.69) is 9.97 Å². The van der Waals surface area contributed by atoms with Gasteiger partial charge in [-0.15, -0.1) is 0 Å². The second-order valence-corrected chi connectivity index (χ2v) is 5.98. The minimum Gasteiger partial charge on any atom is -0.295 e. The Hall–Kier alpha value is -2.27. The molecule has 0 saturated carbocycles. The molecule has 2 aromatic heterocycles. The van der Waals surface area contributed by atoms with Gasteiger partial charge in [0.2, 0.25) is 15.0 Å². The monoisotopic (exact) mass is 278 g/mol. The van der Waals surface area contributed by atoms with E-state index in [9.17, 15) is 13.2 Å². The highest BCUT2D eigenvalue weighted by Gasteiger charge is 2.14. The lowest BCUT2D eigenvalue weighted by Gasteiger charge is -2.06. The van der Waals surface area contributed by atoms with E-state index in [0.29, 0.717) is 10.9 Å². The third-order valence-electron chi connectivity index (χ3n) is 2.60. The summed E-state index contributed by atoms with van der Waals surface area (Å²) in [5.41, 5.74) is 0.183. The molecule has 19 heavy (non-hydrogen) atoms. The number of aryl methyl sites for hydroxylation is 1. The molecule has 0 aromatic carbocycles. The maximum Gasteiger partial charge on any atom is 0.256 e. The van der Waals surface area contributed by atoms with Crippen LogP contribution in [0.4, 0.5) is 0 Å². The zero-order valence-corrected chi connectivity index (χ0v) is 11.1. The Morgan fingerprint density at radius 3 is 2.74 bits per heavy atom. The molecule has 0 aliphatic heterocycles. The quantitative estimate of drug-likeness (QED) is 0.704. The van der Waals surface area contributed by atoms with Crippen LogP contribution in [0.5, 0.6) is 0 Å². The van der Waals surface area contributed by atoms with Crippen molar-refractivity contribution in [2.24, 2.45) is 7.05 Å². The molecular formula is C11H10N4O3S. The molecule has 8 heteroatoms. The van der Waals surface area contributed by atoms with E-state index >= 15 is 0 Å². The topological polar surface area (TPSA) is 106 Å². The van der Waals surface area contributed by atoms with Crippen molar-refractivity contribution >= 4 is 20.9 Å². The molecule has 0 unspecified atom stereocenters. The van der Waals surface area contributed by atoms with Crippen LogP contribution < -0.4 is 5.56 Å². The predicted octanol–water partition coefficient (Wildman–Crippen LogP) is -0.202. The number of pyridine rings is 1. The van der Waals surface area contributed by atoms with Crippen LogP contribution in [0.1, 0.15) is 5.56 Å². The number of hydrogen-bond donors (Lipinski definition) is 0. The number of aromatic nitrogens is 3. The maximum absolute atomic E-state index is 11.9. The van der Waals surface area contributed by atoms with Crippen molar-refractivity contribution in [3.8, 4) is 6.07 Å². The zero-order chi connectivity index (χ0) is 14.2. The van der Waals surface area contributed by atoms with E-state index in [1.165, 1.54) is 23.9 Å². The Bertz CT molecular complexity index is 862. The Labute approximate surface area is 109 Å². The molecule has 0 amide bonds. The fraction of sp³-hybridized carbons (Fsp3) is 0.273. The summed E-state index contributed by atoms with van der Waals surface area (Å²) in [6.07, 6.45) is 2.31. The summed E-state index contributed by atoms with van der Waals surface area (Å²) in [6.45, 7) is 0. The van der Waals surface area contributed by atoms with E-state index in [-0.39, 0.29) is 22.8 Å². The standard InChI is InChI=1S/C11H10N4O3S/c1-15-9-8(5-7(3-4-12)10(15)16)6-13-11(14-9)19(2,17)18/h5-6H,3H2,1-2H3. The maximum atomic E-state index is 11.9. The fourth-order valence-corrected chi connectivity index (χ4v) is 2.18. The Balaban J connectivity index is 2.83. The molecule has 0 saturated heterocycles. The van der Waals surface area contributed by atoms with E-state index < -0.39 is 9.84 Å². The molecule has 0 bridgehead atoms. The van der Waals surface area contributed by atoms with Gasteiger partial charge < -0.3 is 0 Å². The summed E-state index contributed by atoms with van der Waals surface area (Å²) in [7, 11) is -2.06. The highest BCUT2D eigenvalue weighted by molar-refractivity contribution is 7.90. The van der Waals surface area contributed by atoms with Crippen molar-refractivity contribution in [1.29, 1.82) is 5.26 Å². The molecule has 7 nitrogen and oxygen atoms in total. The number of nitrogens with zero attached hydrogens (tertiary/aromatic N) is 4. The first-order chi connectivity index (χ1) is 8.84. The number of nitriles is 1. The third kappa shape index (κ3) is 2.32. The summed E-state index contributed by atoms with van der Waals surface area (Å²) in [4.78, 5) is 19.6. The molecular weight excluding hydrogens is 268 g/mol. The first-order valence-electron chi connectivity index (χ1n) is 5.27. The van der Waals surface area contributed by atoms with Gasteiger partial charge in [0.15, 0.2) is 0 Å². The largest absolute Gasteiger partial charge is 0.295 e. The second-order valence-electron chi connectivity index (χ2n) is 4.07. The van der Waals surface area contributed by atoms with Gasteiger partial charge in [0.25, 0.3) is 5.56 Å². The minimum absolute atomic E-state index is 0.0174. The SMILES string of the molecule is Cn1c(=O)c(CC#N)cc2cnc(S(C)(=O)=O)nc21. The van der Waals surface area contributed by atoms with Crippen LogP contribution in [-0.4, -0.2) is 29.2 Å². The van der Waals surface area contributed by atoms with E-state index in [0.717, 1.165) is 6.26 Å². The average molecular weight is 278 g/mol. The molecule has 0 aliphatic carbocycles. The molecule has 98 valence electrons. The third-order valence-corrected chi connectivity index (χ3v) is 3.46. The van der Waals surface area contributed by atoms with Crippen LogP contribution in [0.3, 0.4) is 0 Å². The molecule has 0 aliphatic rings. The minimum atomic E-state index is -3.53. The summed E-state index contributed by atoms with van der Waals surface area (Å²) in [6, 6.07) is 3.41. The molecule has 0 fully saturated rings. The van der Waals surface area contributed by atoms with Gasteiger partial charge in [-0.2, -0.15) is 10.2 Å². The Morgan fingerprint density at radius 2 is 2.16 bits per heavy atom. The van der Waals surface area contributed by atoms with Crippen molar-refractivity contribution in [3.05, 3.63) is 28.2 Å². The number of hydrogen-bond acceptors (Lipinski definition) is 6. The van der Waals surface area contributed by atoms with E-state index in [1.54, 1.807) is 0 Å². The van der Waals surface area contributed by atoms with Crippen molar-refractivity contribution in [3.63, 3.8) is 0 Å². The zero-order valence-electron chi connectivity index (χ0n) is 10.3. The van der Waals surface area contributed by atoms with Crippen molar-refractivity contribution in [2.75, 3.05) is 6.26 Å². The van der Waals surface area contributed by atoms with Crippen LogP contribution in [0.25, 0.3) is 11.0 Å². The smallest absolute Gasteiger partial charge is 0.256 e. The summed E-state index contributed by atoms with van der Waals surface area (Å²) in [5.74, 6) is 0. The molecule has 0 spiro atoms. The summed E-state index contributed by atoms with van der Waals surface area (Å²) >= 11 is 0. The fourth-order valence-electron chi connectivity index (χ4n) is 1.69. The average Bonchev–Trinajstić information content (AvgIpc) is 2.34. The Kier molecular flexibility index (Phi) is 3.08. The van der Waals surface area contributed by atoms with E-state index in [1.807, 2.05) is 6.07 Å². The molecule has 0 atom stereocenters. The van der Waals surface area contributed by atoms with Crippen LogP contribution in [0, 0.1) is 11.3 Å². The first kappa shape index (κ1) is 13.2. The highest BCUT2D eigenvalue weighted by Crippen LogP contribution is 2.12. The van der Waals surface area contributed by atoms with Crippen LogP contribution >= 0.6 is 0 Å². The van der Waals surface area contributed by atoms with Crippen molar-refractivity contribution in [2.45, 2.75) is 11.6 Å². The summed E-state index contributed by atoms with van der Waals surface area (Å²) < 4.78 is 24.0.